The summed E-state index contributed by atoms with van der Waals surface area (Å²) in [5, 5.41) is 16.4. The summed E-state index contributed by atoms with van der Waals surface area (Å²) in [6.45, 7) is 10.1. The second kappa shape index (κ2) is 20.0. The summed E-state index contributed by atoms with van der Waals surface area (Å²) in [6, 6.07) is 0.189. The molecule has 10 atom stereocenters. The highest BCUT2D eigenvalue weighted by atomic mass is 16.8. The molecule has 1 aromatic rings. The standard InChI is InChI=1S/C41H63N5O13/c1-7-8-9-10-11-12-13-14-19-40(3,4)38(52)57-30-24(22-47)29(55-36(30)46-20-18-28(48)45-39(46)53)32(33(42)49)56-37-31-26(58-41(5,6)59-31)21-27(54-37)35(51)44-25-17-15-16-23(2)43-34(25)50/h18,20-21,23-26,29-32,36-37,47H,7-17,19,22H2,1-6H3,(H2,42,49)(H,43,50)(H,44,51)(H,45,48,53)/t23-,24-,25+,26+,29+,30-,31+,32-,36-,37-/m1/s1. The third-order valence-electron chi connectivity index (χ3n) is 11.4. The van der Waals surface area contributed by atoms with E-state index in [1.165, 1.54) is 31.8 Å². The van der Waals surface area contributed by atoms with Crippen molar-refractivity contribution in [3.8, 4) is 0 Å². The van der Waals surface area contributed by atoms with Crippen molar-refractivity contribution >= 4 is 23.7 Å². The number of aliphatic hydroxyl groups excluding tert-OH is 1. The largest absolute Gasteiger partial charge is 0.457 e. The molecule has 3 amide bonds. The highest BCUT2D eigenvalue weighted by molar-refractivity contribution is 5.95. The average Bonchev–Trinajstić information content (AvgIpc) is 3.63. The number of nitrogens with two attached hydrogens (primary N) is 1. The van der Waals surface area contributed by atoms with Crippen LogP contribution in [0.4, 0.5) is 0 Å². The number of aromatic amines is 1. The van der Waals surface area contributed by atoms with Gasteiger partial charge in [0.15, 0.2) is 36.1 Å². The summed E-state index contributed by atoms with van der Waals surface area (Å²) in [5.41, 5.74) is 3.39. The van der Waals surface area contributed by atoms with Gasteiger partial charge in [-0.15, -0.1) is 0 Å². The van der Waals surface area contributed by atoms with Crippen LogP contribution in [0.1, 0.15) is 125 Å². The fourth-order valence-electron chi connectivity index (χ4n) is 8.09. The number of nitrogens with zero attached hydrogens (tertiary/aromatic N) is 1. The molecule has 4 aliphatic rings. The molecule has 0 radical (unpaired) electrons. The highest BCUT2D eigenvalue weighted by Gasteiger charge is 2.56. The first kappa shape index (κ1) is 46.0. The zero-order valence-electron chi connectivity index (χ0n) is 35.1. The van der Waals surface area contributed by atoms with Crippen LogP contribution in [-0.2, 0) is 47.6 Å². The number of hydrogen-bond donors (Lipinski definition) is 5. The van der Waals surface area contributed by atoms with Crippen LogP contribution < -0.4 is 27.6 Å². The summed E-state index contributed by atoms with van der Waals surface area (Å²) in [4.78, 5) is 81.0. The summed E-state index contributed by atoms with van der Waals surface area (Å²) in [6.07, 6.45) is 4.04. The number of amides is 3. The van der Waals surface area contributed by atoms with E-state index in [4.69, 9.17) is 34.2 Å². The monoisotopic (exact) mass is 833 g/mol. The van der Waals surface area contributed by atoms with Crippen molar-refractivity contribution in [1.82, 2.24) is 20.2 Å². The van der Waals surface area contributed by atoms with Gasteiger partial charge in [0.25, 0.3) is 11.5 Å². The van der Waals surface area contributed by atoms with Crippen LogP contribution in [0, 0.1) is 11.3 Å². The lowest BCUT2D eigenvalue weighted by atomic mass is 9.86. The lowest BCUT2D eigenvalue weighted by molar-refractivity contribution is -0.239. The lowest BCUT2D eigenvalue weighted by Crippen LogP contribution is -2.53. The number of fused-ring (bicyclic) bond motifs is 1. The molecule has 5 rings (SSSR count). The van der Waals surface area contributed by atoms with Crippen LogP contribution in [0.5, 0.6) is 0 Å². The molecule has 5 heterocycles. The zero-order chi connectivity index (χ0) is 43.1. The normalized spacial score (nSPS) is 29.6. The minimum atomic E-state index is -1.75. The molecule has 0 unspecified atom stereocenters. The van der Waals surface area contributed by atoms with Crippen molar-refractivity contribution in [2.24, 2.45) is 17.1 Å². The number of primary amides is 1. The van der Waals surface area contributed by atoms with Gasteiger partial charge < -0.3 is 49.9 Å². The first-order valence-corrected chi connectivity index (χ1v) is 21.0. The topological polar surface area (TPSA) is 249 Å². The number of carbonyl (C=O) groups excluding carboxylic acids is 4. The Morgan fingerprint density at radius 2 is 1.76 bits per heavy atom. The van der Waals surface area contributed by atoms with Gasteiger partial charge in [0.1, 0.15) is 18.2 Å². The number of ether oxygens (including phenoxy) is 6. The molecule has 6 N–H and O–H groups in total. The molecule has 0 aliphatic carbocycles. The molecule has 3 saturated heterocycles. The smallest absolute Gasteiger partial charge is 0.330 e. The summed E-state index contributed by atoms with van der Waals surface area (Å²) in [5.74, 6) is -5.42. The summed E-state index contributed by atoms with van der Waals surface area (Å²) in [7, 11) is 0. The maximum absolute atomic E-state index is 13.9. The number of rotatable bonds is 19. The average molecular weight is 834 g/mol. The Labute approximate surface area is 344 Å². The number of nitrogens with one attached hydrogen (secondary N) is 3. The van der Waals surface area contributed by atoms with E-state index in [2.05, 4.69) is 22.5 Å². The number of unbranched alkanes of at least 4 members (excludes halogenated alkanes) is 7. The van der Waals surface area contributed by atoms with E-state index in [1.54, 1.807) is 27.7 Å². The summed E-state index contributed by atoms with van der Waals surface area (Å²) < 4.78 is 37.8. The first-order chi connectivity index (χ1) is 27.9. The van der Waals surface area contributed by atoms with Crippen molar-refractivity contribution in [3.63, 3.8) is 0 Å². The molecule has 330 valence electrons. The molecule has 3 fully saturated rings. The maximum atomic E-state index is 13.9. The van der Waals surface area contributed by atoms with Crippen LogP contribution in [0.2, 0.25) is 0 Å². The Balaban J connectivity index is 1.37. The van der Waals surface area contributed by atoms with Gasteiger partial charge in [-0.3, -0.25) is 33.5 Å². The minimum Gasteiger partial charge on any atom is -0.457 e. The molecule has 59 heavy (non-hydrogen) atoms. The Kier molecular flexibility index (Phi) is 15.6. The van der Waals surface area contributed by atoms with E-state index in [1.807, 2.05) is 6.92 Å². The lowest BCUT2D eigenvalue weighted by Gasteiger charge is -2.35. The number of carbonyl (C=O) groups is 4. The Hall–Kier alpha value is -4.10. The molecule has 4 aliphatic heterocycles. The van der Waals surface area contributed by atoms with E-state index in [-0.39, 0.29) is 17.7 Å². The van der Waals surface area contributed by atoms with Crippen molar-refractivity contribution in [1.29, 1.82) is 0 Å². The van der Waals surface area contributed by atoms with Gasteiger partial charge >= 0.3 is 11.7 Å². The SMILES string of the molecule is CCCCCCCCCCC(C)(C)C(=O)O[C@@H]1[C@H](CO)[C@@H]([C@@H](O[C@H]2OC(C(=O)N[C@H]3CCC[C@@H](C)NC3=O)=C[C@@H]3OC(C)(C)O[C@H]23)C(N)=O)O[C@H]1n1ccc(=O)[nH]c1=O. The van der Waals surface area contributed by atoms with Crippen molar-refractivity contribution in [2.45, 2.75) is 180 Å². The van der Waals surface area contributed by atoms with Crippen molar-refractivity contribution < 1.29 is 52.7 Å². The van der Waals surface area contributed by atoms with E-state index >= 15 is 0 Å². The third kappa shape index (κ3) is 11.6. The van der Waals surface area contributed by atoms with Crippen LogP contribution in [0.15, 0.2) is 33.7 Å². The van der Waals surface area contributed by atoms with E-state index in [0.29, 0.717) is 19.3 Å². The summed E-state index contributed by atoms with van der Waals surface area (Å²) >= 11 is 0. The Morgan fingerprint density at radius 3 is 2.42 bits per heavy atom. The second-order valence-corrected chi connectivity index (χ2v) is 17.2. The van der Waals surface area contributed by atoms with Gasteiger partial charge in [-0.25, -0.2) is 4.79 Å². The van der Waals surface area contributed by atoms with Gasteiger partial charge in [-0.1, -0.05) is 58.3 Å². The molecule has 0 bridgehead atoms. The molecular formula is C41H63N5O13. The zero-order valence-corrected chi connectivity index (χ0v) is 35.1. The van der Waals surface area contributed by atoms with Crippen LogP contribution >= 0.6 is 0 Å². The van der Waals surface area contributed by atoms with Crippen molar-refractivity contribution in [2.75, 3.05) is 6.61 Å². The number of aliphatic hydroxyl groups is 1. The molecule has 18 heteroatoms. The number of aromatic nitrogens is 2. The maximum Gasteiger partial charge on any atom is 0.330 e. The molecule has 18 nitrogen and oxygen atoms in total. The molecule has 0 spiro atoms. The van der Waals surface area contributed by atoms with E-state index in [0.717, 1.165) is 48.9 Å². The number of H-pyrrole nitrogens is 1. The molecular weight excluding hydrogens is 770 g/mol. The van der Waals surface area contributed by atoms with Gasteiger partial charge in [0.2, 0.25) is 18.1 Å². The van der Waals surface area contributed by atoms with Gasteiger partial charge in [0, 0.05) is 18.3 Å². The first-order valence-electron chi connectivity index (χ1n) is 21.0. The van der Waals surface area contributed by atoms with Crippen LogP contribution in [0.3, 0.4) is 0 Å². The van der Waals surface area contributed by atoms with Crippen molar-refractivity contribution in [3.05, 3.63) is 44.9 Å². The van der Waals surface area contributed by atoms with E-state index in [9.17, 15) is 33.9 Å². The second-order valence-electron chi connectivity index (χ2n) is 17.2. The van der Waals surface area contributed by atoms with Gasteiger partial charge in [-0.05, 0) is 66.4 Å². The fourth-order valence-corrected chi connectivity index (χ4v) is 8.09. The predicted octanol–water partition coefficient (Wildman–Crippen LogP) is 2.32. The third-order valence-corrected chi connectivity index (χ3v) is 11.4. The number of hydrogen-bond acceptors (Lipinski definition) is 13. The Bertz CT molecular complexity index is 1790. The van der Waals surface area contributed by atoms with Gasteiger partial charge in [0.05, 0.1) is 17.9 Å². The molecule has 0 aromatic carbocycles. The fraction of sp³-hybridized carbons (Fsp3) is 0.756. The van der Waals surface area contributed by atoms with Gasteiger partial charge in [-0.2, -0.15) is 0 Å². The minimum absolute atomic E-state index is 0.0534. The molecule has 1 aromatic heterocycles. The quantitative estimate of drug-likeness (QED) is 0.0993. The highest BCUT2D eigenvalue weighted by Crippen LogP contribution is 2.42. The number of esters is 1. The Morgan fingerprint density at radius 1 is 1.07 bits per heavy atom. The van der Waals surface area contributed by atoms with Crippen LogP contribution in [0.25, 0.3) is 0 Å². The molecule has 0 saturated carbocycles. The van der Waals surface area contributed by atoms with E-state index < -0.39 is 102 Å². The predicted molar refractivity (Wildman–Crippen MR) is 211 cm³/mol. The van der Waals surface area contributed by atoms with Crippen LogP contribution in [-0.4, -0.2) is 99.6 Å².